The first-order valence-corrected chi connectivity index (χ1v) is 11.7. The number of nitrogens with zero attached hydrogens (tertiary/aromatic N) is 5. The summed E-state index contributed by atoms with van der Waals surface area (Å²) in [5.74, 6) is -0.345. The molecular weight excluding hydrogens is 465 g/mol. The van der Waals surface area contributed by atoms with Gasteiger partial charge in [-0.15, -0.1) is 0 Å². The number of amides is 1. The number of hydrogen-bond donors (Lipinski definition) is 1. The third kappa shape index (κ3) is 4.32. The molecule has 35 heavy (non-hydrogen) atoms. The van der Waals surface area contributed by atoms with Crippen molar-refractivity contribution in [2.24, 2.45) is 0 Å². The van der Waals surface area contributed by atoms with Gasteiger partial charge in [0.1, 0.15) is 22.5 Å². The highest BCUT2D eigenvalue weighted by Gasteiger charge is 2.20. The number of rotatable bonds is 4. The second kappa shape index (κ2) is 9.16. The molecule has 9 heteroatoms. The van der Waals surface area contributed by atoms with E-state index >= 15 is 0 Å². The Bertz CT molecular complexity index is 1510. The first-order chi connectivity index (χ1) is 16.9. The van der Waals surface area contributed by atoms with Crippen molar-refractivity contribution in [2.45, 2.75) is 6.42 Å². The Kier molecular flexibility index (Phi) is 5.89. The first-order valence-electron chi connectivity index (χ1n) is 10.9. The lowest BCUT2D eigenvalue weighted by molar-refractivity contribution is 0.150. The smallest absolute Gasteiger partial charge is 0.407 e. The Morgan fingerprint density at radius 1 is 1.20 bits per heavy atom. The van der Waals surface area contributed by atoms with E-state index in [4.69, 9.17) is 4.98 Å². The van der Waals surface area contributed by atoms with Gasteiger partial charge < -0.3 is 14.9 Å². The molecule has 0 spiro atoms. The van der Waals surface area contributed by atoms with Crippen molar-refractivity contribution in [2.75, 3.05) is 25.0 Å². The molecule has 2 aromatic heterocycles. The molecule has 4 aromatic rings. The minimum absolute atomic E-state index is 0.345. The van der Waals surface area contributed by atoms with Crippen molar-refractivity contribution in [3.05, 3.63) is 77.1 Å². The zero-order valence-electron chi connectivity index (χ0n) is 18.8. The van der Waals surface area contributed by atoms with Crippen molar-refractivity contribution < 1.29 is 14.3 Å². The van der Waals surface area contributed by atoms with E-state index in [1.165, 1.54) is 28.4 Å². The Morgan fingerprint density at radius 3 is 2.66 bits per heavy atom. The molecule has 1 N–H and O–H groups in total. The molecule has 0 bridgehead atoms. The number of anilines is 2. The standard InChI is InChI=1S/C26H20FN5O2S/c1-31(25-30-24(23(15-28)35-25)17-2-5-19(27)6-3-17)22-8-11-29-21-7-4-18(14-20(21)22)16-9-12-32(13-10-16)26(33)34/h2-9,11,14H,10,12-13H2,1H3,(H,33,34). The summed E-state index contributed by atoms with van der Waals surface area (Å²) in [6, 6.07) is 16.1. The highest BCUT2D eigenvalue weighted by Crippen LogP contribution is 2.38. The van der Waals surface area contributed by atoms with E-state index in [0.717, 1.165) is 27.7 Å². The molecule has 7 nitrogen and oxygen atoms in total. The van der Waals surface area contributed by atoms with E-state index in [1.807, 2.05) is 36.2 Å². The van der Waals surface area contributed by atoms with Crippen molar-refractivity contribution in [3.63, 3.8) is 0 Å². The molecule has 3 heterocycles. The maximum Gasteiger partial charge on any atom is 0.407 e. The van der Waals surface area contributed by atoms with Crippen LogP contribution in [0.3, 0.4) is 0 Å². The summed E-state index contributed by atoms with van der Waals surface area (Å²) in [6.45, 7) is 0.825. The summed E-state index contributed by atoms with van der Waals surface area (Å²) in [5.41, 5.74) is 5.02. The second-order valence-electron chi connectivity index (χ2n) is 8.12. The van der Waals surface area contributed by atoms with Crippen LogP contribution in [0.2, 0.25) is 0 Å². The number of hydrogen-bond acceptors (Lipinski definition) is 6. The van der Waals surface area contributed by atoms with E-state index < -0.39 is 6.09 Å². The molecule has 0 saturated heterocycles. The van der Waals surface area contributed by atoms with Gasteiger partial charge in [-0.1, -0.05) is 23.5 Å². The molecule has 174 valence electrons. The van der Waals surface area contributed by atoms with Crippen LogP contribution in [0.4, 0.5) is 20.0 Å². The van der Waals surface area contributed by atoms with Crippen LogP contribution in [0.1, 0.15) is 16.9 Å². The summed E-state index contributed by atoms with van der Waals surface area (Å²) in [7, 11) is 1.89. The predicted octanol–water partition coefficient (Wildman–Crippen LogP) is 5.90. The monoisotopic (exact) mass is 485 g/mol. The van der Waals surface area contributed by atoms with Crippen LogP contribution in [0.15, 0.2) is 60.8 Å². The fourth-order valence-electron chi connectivity index (χ4n) is 4.16. The molecule has 0 fully saturated rings. The lowest BCUT2D eigenvalue weighted by atomic mass is 9.97. The number of nitriles is 1. The largest absolute Gasteiger partial charge is 0.465 e. The van der Waals surface area contributed by atoms with E-state index in [1.54, 1.807) is 18.3 Å². The summed E-state index contributed by atoms with van der Waals surface area (Å²) in [5, 5.41) is 20.4. The van der Waals surface area contributed by atoms with Gasteiger partial charge in [0.15, 0.2) is 5.13 Å². The minimum atomic E-state index is -0.910. The van der Waals surface area contributed by atoms with Crippen molar-refractivity contribution in [1.29, 1.82) is 5.26 Å². The van der Waals surface area contributed by atoms with Gasteiger partial charge in [0, 0.05) is 37.3 Å². The van der Waals surface area contributed by atoms with E-state index in [9.17, 15) is 19.6 Å². The number of carbonyl (C=O) groups is 1. The third-order valence-electron chi connectivity index (χ3n) is 6.05. The summed E-state index contributed by atoms with van der Waals surface area (Å²) in [4.78, 5) is 24.2. The molecule has 0 atom stereocenters. The molecular formula is C26H20FN5O2S. The van der Waals surface area contributed by atoms with Crippen LogP contribution in [0, 0.1) is 17.1 Å². The van der Waals surface area contributed by atoms with Crippen LogP contribution in [0.25, 0.3) is 27.7 Å². The first kappa shape index (κ1) is 22.5. The summed E-state index contributed by atoms with van der Waals surface area (Å²) in [6.07, 6.45) is 3.42. The van der Waals surface area contributed by atoms with Gasteiger partial charge in [-0.3, -0.25) is 4.98 Å². The van der Waals surface area contributed by atoms with E-state index in [0.29, 0.717) is 40.8 Å². The Hall–Kier alpha value is -4.29. The Morgan fingerprint density at radius 2 is 1.97 bits per heavy atom. The fourth-order valence-corrected chi connectivity index (χ4v) is 5.02. The number of thiazole rings is 1. The van der Waals surface area contributed by atoms with Crippen LogP contribution < -0.4 is 4.90 Å². The van der Waals surface area contributed by atoms with Crippen LogP contribution in [0.5, 0.6) is 0 Å². The van der Waals surface area contributed by atoms with Gasteiger partial charge in [-0.05, 0) is 60.0 Å². The average molecular weight is 486 g/mol. The topological polar surface area (TPSA) is 93.4 Å². The van der Waals surface area contributed by atoms with Gasteiger partial charge >= 0.3 is 6.09 Å². The highest BCUT2D eigenvalue weighted by atomic mass is 32.1. The van der Waals surface area contributed by atoms with Crippen molar-refractivity contribution in [1.82, 2.24) is 14.9 Å². The van der Waals surface area contributed by atoms with Gasteiger partial charge in [0.2, 0.25) is 0 Å². The van der Waals surface area contributed by atoms with Gasteiger partial charge in [0.05, 0.1) is 11.2 Å². The lowest BCUT2D eigenvalue weighted by Gasteiger charge is -2.24. The molecule has 5 rings (SSSR count). The zero-order valence-corrected chi connectivity index (χ0v) is 19.6. The van der Waals surface area contributed by atoms with Gasteiger partial charge in [0.25, 0.3) is 0 Å². The molecule has 0 aliphatic carbocycles. The predicted molar refractivity (Wildman–Crippen MR) is 134 cm³/mol. The zero-order chi connectivity index (χ0) is 24.5. The number of aromatic nitrogens is 2. The Labute approximate surface area is 205 Å². The third-order valence-corrected chi connectivity index (χ3v) is 7.09. The molecule has 1 aliphatic rings. The fraction of sp³-hybridized carbons (Fsp3) is 0.154. The second-order valence-corrected chi connectivity index (χ2v) is 9.10. The van der Waals surface area contributed by atoms with Crippen LogP contribution >= 0.6 is 11.3 Å². The summed E-state index contributed by atoms with van der Waals surface area (Å²) >= 11 is 1.27. The maximum atomic E-state index is 13.4. The maximum absolute atomic E-state index is 13.4. The molecule has 2 aromatic carbocycles. The normalized spacial score (nSPS) is 13.4. The highest BCUT2D eigenvalue weighted by molar-refractivity contribution is 7.16. The van der Waals surface area contributed by atoms with Crippen molar-refractivity contribution in [3.8, 4) is 17.3 Å². The van der Waals surface area contributed by atoms with Gasteiger partial charge in [-0.2, -0.15) is 5.26 Å². The number of benzene rings is 2. The molecule has 1 amide bonds. The quantitative estimate of drug-likeness (QED) is 0.387. The number of halogens is 1. The summed E-state index contributed by atoms with van der Waals surface area (Å²) < 4.78 is 13.4. The molecule has 0 unspecified atom stereocenters. The molecule has 1 aliphatic heterocycles. The molecule has 0 saturated carbocycles. The number of fused-ring (bicyclic) bond motifs is 1. The minimum Gasteiger partial charge on any atom is -0.465 e. The van der Waals surface area contributed by atoms with Crippen LogP contribution in [-0.4, -0.2) is 46.2 Å². The number of carboxylic acid groups (broad SMARTS) is 1. The molecule has 0 radical (unpaired) electrons. The SMILES string of the molecule is CN(c1nc(-c2ccc(F)cc2)c(C#N)s1)c1ccnc2ccc(C3=CCN(C(=O)O)CC3)cc12. The van der Waals surface area contributed by atoms with Gasteiger partial charge in [-0.25, -0.2) is 14.2 Å². The van der Waals surface area contributed by atoms with Crippen LogP contribution in [-0.2, 0) is 0 Å². The Balaban J connectivity index is 1.53. The number of pyridine rings is 1. The average Bonchev–Trinajstić information content (AvgIpc) is 3.32. The van der Waals surface area contributed by atoms with E-state index in [2.05, 4.69) is 17.1 Å². The van der Waals surface area contributed by atoms with E-state index in [-0.39, 0.29) is 5.82 Å². The van der Waals surface area contributed by atoms with Crippen molar-refractivity contribution >= 4 is 44.7 Å². The lowest BCUT2D eigenvalue weighted by Crippen LogP contribution is -2.33.